The number of benzene rings is 2. The average molecular weight is 459 g/mol. The van der Waals surface area contributed by atoms with Gasteiger partial charge in [0.1, 0.15) is 0 Å². The van der Waals surface area contributed by atoms with Crippen molar-refractivity contribution in [1.82, 2.24) is 19.0 Å². The van der Waals surface area contributed by atoms with Gasteiger partial charge in [-0.15, -0.1) is 0 Å². The van der Waals surface area contributed by atoms with Crippen LogP contribution in [0.25, 0.3) is 22.4 Å². The lowest BCUT2D eigenvalue weighted by Crippen LogP contribution is -2.28. The molecular formula is C27H30N4O3. The molecule has 0 unspecified atom stereocenters. The lowest BCUT2D eigenvalue weighted by atomic mass is 9.97. The Labute approximate surface area is 198 Å². The second kappa shape index (κ2) is 9.17. The normalized spacial score (nSPS) is 11.6. The summed E-state index contributed by atoms with van der Waals surface area (Å²) in [6.45, 7) is 7.48. The van der Waals surface area contributed by atoms with Crippen LogP contribution in [0.2, 0.25) is 0 Å². The minimum Gasteiger partial charge on any atom is -0.465 e. The number of pyridine rings is 1. The second-order valence-electron chi connectivity index (χ2n) is 9.85. The minimum atomic E-state index is -0.969. The Kier molecular flexibility index (Phi) is 6.28. The van der Waals surface area contributed by atoms with Crippen LogP contribution in [0.3, 0.4) is 0 Å². The Hall–Kier alpha value is -3.87. The van der Waals surface area contributed by atoms with Crippen LogP contribution in [0.15, 0.2) is 71.5 Å². The molecule has 2 aromatic heterocycles. The summed E-state index contributed by atoms with van der Waals surface area (Å²) in [6, 6.07) is 21.1. The minimum absolute atomic E-state index is 0.0408. The van der Waals surface area contributed by atoms with Gasteiger partial charge in [-0.05, 0) is 34.7 Å². The summed E-state index contributed by atoms with van der Waals surface area (Å²) in [6.07, 6.45) is -0.969. The molecule has 0 aliphatic rings. The van der Waals surface area contributed by atoms with Crippen LogP contribution in [-0.4, -0.2) is 30.2 Å². The predicted octanol–water partition coefficient (Wildman–Crippen LogP) is 5.13. The molecule has 4 rings (SSSR count). The van der Waals surface area contributed by atoms with Gasteiger partial charge in [0, 0.05) is 32.2 Å². The number of hydrogen-bond acceptors (Lipinski definition) is 3. The van der Waals surface area contributed by atoms with E-state index in [-0.39, 0.29) is 17.6 Å². The quantitative estimate of drug-likeness (QED) is 0.434. The number of nitrogens with zero attached hydrogens (tertiary/aromatic N) is 4. The maximum absolute atomic E-state index is 12.8. The lowest BCUT2D eigenvalue weighted by molar-refractivity contribution is 0.139. The van der Waals surface area contributed by atoms with Gasteiger partial charge in [0.05, 0.1) is 11.2 Å². The summed E-state index contributed by atoms with van der Waals surface area (Å²) in [5.74, 6) is 0. The third-order valence-electron chi connectivity index (χ3n) is 5.70. The summed E-state index contributed by atoms with van der Waals surface area (Å²) in [5, 5.41) is 9.72. The molecule has 0 saturated heterocycles. The molecule has 2 aromatic carbocycles. The zero-order valence-corrected chi connectivity index (χ0v) is 20.0. The molecule has 0 fully saturated rings. The van der Waals surface area contributed by atoms with E-state index in [0.717, 1.165) is 27.9 Å². The average Bonchev–Trinajstić information content (AvgIpc) is 3.02. The Morgan fingerprint density at radius 2 is 1.65 bits per heavy atom. The molecule has 0 atom stereocenters. The number of amides is 1. The highest BCUT2D eigenvalue weighted by molar-refractivity contribution is 5.76. The standard InChI is InChI=1S/C27H30N4O3/c1-27(2,3)18-31-23-14-13-22(28-24(23)29(4)25(31)32)21-12-8-11-20(15-21)17-30(26(33)34)16-19-9-6-5-7-10-19/h5-15H,16-18H2,1-4H3,(H,33,34). The van der Waals surface area contributed by atoms with Crippen molar-refractivity contribution in [3.05, 3.63) is 88.3 Å². The monoisotopic (exact) mass is 458 g/mol. The van der Waals surface area contributed by atoms with Crippen LogP contribution < -0.4 is 5.69 Å². The molecule has 0 radical (unpaired) electrons. The summed E-state index contributed by atoms with van der Waals surface area (Å²) in [4.78, 5) is 30.9. The summed E-state index contributed by atoms with van der Waals surface area (Å²) >= 11 is 0. The highest BCUT2D eigenvalue weighted by Crippen LogP contribution is 2.24. The van der Waals surface area contributed by atoms with Crippen LogP contribution in [0, 0.1) is 5.41 Å². The fourth-order valence-electron chi connectivity index (χ4n) is 4.11. The molecular weight excluding hydrogens is 428 g/mol. The number of carboxylic acid groups (broad SMARTS) is 1. The number of aryl methyl sites for hydroxylation is 1. The van der Waals surface area contributed by atoms with Crippen LogP contribution in [0.5, 0.6) is 0 Å². The third kappa shape index (κ3) is 5.03. The molecule has 0 spiro atoms. The van der Waals surface area contributed by atoms with E-state index in [1.54, 1.807) is 16.2 Å². The van der Waals surface area contributed by atoms with E-state index in [4.69, 9.17) is 4.98 Å². The van der Waals surface area contributed by atoms with Gasteiger partial charge in [-0.1, -0.05) is 69.3 Å². The number of imidazole rings is 1. The second-order valence-corrected chi connectivity index (χ2v) is 9.85. The summed E-state index contributed by atoms with van der Waals surface area (Å²) < 4.78 is 3.36. The smallest absolute Gasteiger partial charge is 0.407 e. The highest BCUT2D eigenvalue weighted by atomic mass is 16.4. The molecule has 7 nitrogen and oxygen atoms in total. The van der Waals surface area contributed by atoms with E-state index in [9.17, 15) is 14.7 Å². The zero-order valence-electron chi connectivity index (χ0n) is 20.0. The zero-order chi connectivity index (χ0) is 24.5. The topological polar surface area (TPSA) is 80.4 Å². The number of carbonyl (C=O) groups is 1. The van der Waals surface area contributed by atoms with Crippen LogP contribution >= 0.6 is 0 Å². The highest BCUT2D eigenvalue weighted by Gasteiger charge is 2.19. The van der Waals surface area contributed by atoms with E-state index in [0.29, 0.717) is 18.7 Å². The first kappa shape index (κ1) is 23.3. The molecule has 4 aromatic rings. The molecule has 1 amide bonds. The van der Waals surface area contributed by atoms with Gasteiger partial charge in [0.15, 0.2) is 5.65 Å². The molecule has 2 heterocycles. The first-order valence-electron chi connectivity index (χ1n) is 11.3. The fraction of sp³-hybridized carbons (Fsp3) is 0.296. The van der Waals surface area contributed by atoms with Gasteiger partial charge in [-0.3, -0.25) is 14.0 Å². The predicted molar refractivity (Wildman–Crippen MR) is 134 cm³/mol. The first-order chi connectivity index (χ1) is 16.1. The third-order valence-corrected chi connectivity index (χ3v) is 5.70. The maximum Gasteiger partial charge on any atom is 0.407 e. The Morgan fingerprint density at radius 1 is 0.971 bits per heavy atom. The van der Waals surface area contributed by atoms with Gasteiger partial charge in [0.2, 0.25) is 0 Å². The van der Waals surface area contributed by atoms with Crippen molar-refractivity contribution in [2.75, 3.05) is 0 Å². The molecule has 7 heteroatoms. The van der Waals surface area contributed by atoms with Crippen molar-refractivity contribution in [3.63, 3.8) is 0 Å². The molecule has 0 bridgehead atoms. The largest absolute Gasteiger partial charge is 0.465 e. The lowest BCUT2D eigenvalue weighted by Gasteiger charge is -2.20. The van der Waals surface area contributed by atoms with E-state index < -0.39 is 6.09 Å². The van der Waals surface area contributed by atoms with Gasteiger partial charge < -0.3 is 5.11 Å². The van der Waals surface area contributed by atoms with Crippen LogP contribution in [0.1, 0.15) is 31.9 Å². The van der Waals surface area contributed by atoms with Crippen molar-refractivity contribution < 1.29 is 9.90 Å². The van der Waals surface area contributed by atoms with Crippen molar-refractivity contribution in [3.8, 4) is 11.3 Å². The van der Waals surface area contributed by atoms with Crippen molar-refractivity contribution in [2.24, 2.45) is 12.5 Å². The van der Waals surface area contributed by atoms with Gasteiger partial charge >= 0.3 is 11.8 Å². The molecule has 0 aliphatic carbocycles. The van der Waals surface area contributed by atoms with E-state index in [1.165, 1.54) is 4.90 Å². The number of rotatable bonds is 6. The van der Waals surface area contributed by atoms with Crippen LogP contribution in [-0.2, 0) is 26.7 Å². The van der Waals surface area contributed by atoms with Gasteiger partial charge in [-0.2, -0.15) is 0 Å². The Bertz CT molecular complexity index is 1380. The van der Waals surface area contributed by atoms with E-state index in [2.05, 4.69) is 20.8 Å². The molecule has 34 heavy (non-hydrogen) atoms. The number of aromatic nitrogens is 3. The summed E-state index contributed by atoms with van der Waals surface area (Å²) in [7, 11) is 1.74. The molecule has 1 N–H and O–H groups in total. The van der Waals surface area contributed by atoms with Crippen molar-refractivity contribution in [1.29, 1.82) is 0 Å². The van der Waals surface area contributed by atoms with Crippen molar-refractivity contribution >= 4 is 17.3 Å². The first-order valence-corrected chi connectivity index (χ1v) is 11.3. The molecule has 0 aliphatic heterocycles. The van der Waals surface area contributed by atoms with E-state index in [1.807, 2.05) is 66.7 Å². The van der Waals surface area contributed by atoms with Crippen molar-refractivity contribution in [2.45, 2.75) is 40.4 Å². The maximum atomic E-state index is 12.8. The Balaban J connectivity index is 1.64. The van der Waals surface area contributed by atoms with Gasteiger partial charge in [-0.25, -0.2) is 14.6 Å². The molecule has 0 saturated carbocycles. The fourth-order valence-corrected chi connectivity index (χ4v) is 4.11. The number of fused-ring (bicyclic) bond motifs is 1. The number of hydrogen-bond donors (Lipinski definition) is 1. The SMILES string of the molecule is Cn1c(=O)n(CC(C)(C)C)c2ccc(-c3cccc(CN(Cc4ccccc4)C(=O)O)c3)nc21. The van der Waals surface area contributed by atoms with E-state index >= 15 is 0 Å². The molecule has 176 valence electrons. The van der Waals surface area contributed by atoms with Gasteiger partial charge in [0.25, 0.3) is 0 Å². The summed E-state index contributed by atoms with van der Waals surface area (Å²) in [5.41, 5.74) is 4.74. The van der Waals surface area contributed by atoms with Crippen LogP contribution in [0.4, 0.5) is 4.79 Å². The Morgan fingerprint density at radius 3 is 2.32 bits per heavy atom.